The van der Waals surface area contributed by atoms with Crippen molar-refractivity contribution in [3.63, 3.8) is 0 Å². The molecule has 6 heteroatoms. The number of carbonyl (C=O) groups excluding carboxylic acids is 1. The number of hydrogen-bond acceptors (Lipinski definition) is 2. The lowest BCUT2D eigenvalue weighted by Crippen LogP contribution is -2.42. The van der Waals surface area contributed by atoms with E-state index in [1.54, 1.807) is 17.0 Å². The summed E-state index contributed by atoms with van der Waals surface area (Å²) in [5.74, 6) is -0.127. The Hall–Kier alpha value is -0.290. The molecule has 86 valence electrons. The van der Waals surface area contributed by atoms with Crippen LogP contribution >= 0.6 is 39.1 Å². The summed E-state index contributed by atoms with van der Waals surface area (Å²) < 4.78 is 5.83. The Morgan fingerprint density at radius 3 is 2.50 bits per heavy atom. The largest absolute Gasteiger partial charge is 0.370 e. The van der Waals surface area contributed by atoms with Crippen LogP contribution in [-0.4, -0.2) is 25.7 Å². The van der Waals surface area contributed by atoms with Gasteiger partial charge >= 0.3 is 0 Å². The van der Waals surface area contributed by atoms with Gasteiger partial charge in [0, 0.05) is 11.0 Å². The van der Waals surface area contributed by atoms with Crippen LogP contribution in [0, 0.1) is 0 Å². The van der Waals surface area contributed by atoms with Crippen LogP contribution in [-0.2, 0) is 9.53 Å². The zero-order valence-electron chi connectivity index (χ0n) is 8.17. The first kappa shape index (κ1) is 12.2. The fourth-order valence-corrected chi connectivity index (χ4v) is 2.96. The molecule has 0 unspecified atom stereocenters. The van der Waals surface area contributed by atoms with E-state index in [4.69, 9.17) is 27.9 Å². The number of amides is 1. The van der Waals surface area contributed by atoms with E-state index in [-0.39, 0.29) is 12.5 Å². The summed E-state index contributed by atoms with van der Waals surface area (Å²) in [5.41, 5.74) is 0.555. The third kappa shape index (κ3) is 2.35. The second-order valence-electron chi connectivity index (χ2n) is 3.32. The standard InChI is InChI=1S/C10H8BrCl2NO2/c11-6-3-7(12)10(8(13)4-6)14-1-2-16-5-9(14)15/h3-4H,1-2,5H2. The monoisotopic (exact) mass is 323 g/mol. The number of carbonyl (C=O) groups is 1. The van der Waals surface area contributed by atoms with Crippen molar-refractivity contribution in [2.75, 3.05) is 24.7 Å². The van der Waals surface area contributed by atoms with Crippen molar-refractivity contribution in [3.05, 3.63) is 26.7 Å². The number of halogens is 3. The first-order valence-corrected chi connectivity index (χ1v) is 6.17. The molecule has 1 aromatic rings. The summed E-state index contributed by atoms with van der Waals surface area (Å²) >= 11 is 15.5. The topological polar surface area (TPSA) is 29.5 Å². The third-order valence-electron chi connectivity index (χ3n) is 2.24. The van der Waals surface area contributed by atoms with E-state index in [1.165, 1.54) is 0 Å². The van der Waals surface area contributed by atoms with E-state index in [9.17, 15) is 4.79 Å². The highest BCUT2D eigenvalue weighted by Crippen LogP contribution is 2.37. The van der Waals surface area contributed by atoms with Crippen LogP contribution in [0.2, 0.25) is 10.0 Å². The lowest BCUT2D eigenvalue weighted by molar-refractivity contribution is -0.125. The van der Waals surface area contributed by atoms with Crippen LogP contribution in [0.25, 0.3) is 0 Å². The number of rotatable bonds is 1. The Labute approximate surface area is 111 Å². The lowest BCUT2D eigenvalue weighted by atomic mass is 10.2. The van der Waals surface area contributed by atoms with Gasteiger partial charge in [0.15, 0.2) is 0 Å². The van der Waals surface area contributed by atoms with Crippen molar-refractivity contribution in [1.82, 2.24) is 0 Å². The molecule has 1 aliphatic rings. The van der Waals surface area contributed by atoms with Gasteiger partial charge in [-0.25, -0.2) is 0 Å². The molecule has 2 rings (SSSR count). The van der Waals surface area contributed by atoms with Gasteiger partial charge in [-0.2, -0.15) is 0 Å². The van der Waals surface area contributed by atoms with Crippen molar-refractivity contribution in [3.8, 4) is 0 Å². The quantitative estimate of drug-likeness (QED) is 0.794. The van der Waals surface area contributed by atoms with Gasteiger partial charge in [0.1, 0.15) is 6.61 Å². The second kappa shape index (κ2) is 4.92. The molecule has 3 nitrogen and oxygen atoms in total. The smallest absolute Gasteiger partial charge is 0.253 e. The van der Waals surface area contributed by atoms with Gasteiger partial charge in [0.05, 0.1) is 22.3 Å². The van der Waals surface area contributed by atoms with Gasteiger partial charge in [-0.3, -0.25) is 4.79 Å². The molecular weight excluding hydrogens is 317 g/mol. The highest BCUT2D eigenvalue weighted by Gasteiger charge is 2.24. The molecule has 1 saturated heterocycles. The van der Waals surface area contributed by atoms with E-state index in [1.807, 2.05) is 0 Å². The van der Waals surface area contributed by atoms with Crippen molar-refractivity contribution >= 4 is 50.7 Å². The van der Waals surface area contributed by atoms with E-state index in [0.29, 0.717) is 28.9 Å². The fourth-order valence-electron chi connectivity index (χ4n) is 1.55. The van der Waals surface area contributed by atoms with Gasteiger partial charge in [-0.1, -0.05) is 39.1 Å². The van der Waals surface area contributed by atoms with E-state index < -0.39 is 0 Å². The molecule has 1 aliphatic heterocycles. The van der Waals surface area contributed by atoms with Crippen LogP contribution in [0.1, 0.15) is 0 Å². The molecule has 0 radical (unpaired) electrons. The van der Waals surface area contributed by atoms with E-state index >= 15 is 0 Å². The highest BCUT2D eigenvalue weighted by molar-refractivity contribution is 9.10. The van der Waals surface area contributed by atoms with E-state index in [0.717, 1.165) is 4.47 Å². The Morgan fingerprint density at radius 2 is 1.94 bits per heavy atom. The van der Waals surface area contributed by atoms with Crippen LogP contribution in [0.5, 0.6) is 0 Å². The van der Waals surface area contributed by atoms with Crippen LogP contribution < -0.4 is 4.90 Å². The molecular formula is C10H8BrCl2NO2. The molecule has 16 heavy (non-hydrogen) atoms. The maximum atomic E-state index is 11.7. The Balaban J connectivity index is 2.42. The molecule has 1 amide bonds. The summed E-state index contributed by atoms with van der Waals surface area (Å²) in [6.45, 7) is 1.04. The van der Waals surface area contributed by atoms with Crippen molar-refractivity contribution in [1.29, 1.82) is 0 Å². The number of nitrogens with zero attached hydrogens (tertiary/aromatic N) is 1. The van der Waals surface area contributed by atoms with E-state index in [2.05, 4.69) is 15.9 Å². The second-order valence-corrected chi connectivity index (χ2v) is 5.05. The minimum absolute atomic E-state index is 0.0721. The Kier molecular flexibility index (Phi) is 3.74. The maximum absolute atomic E-state index is 11.7. The van der Waals surface area contributed by atoms with Gasteiger partial charge in [-0.05, 0) is 12.1 Å². The third-order valence-corrected chi connectivity index (χ3v) is 3.27. The highest BCUT2D eigenvalue weighted by atomic mass is 79.9. The SMILES string of the molecule is O=C1COCCN1c1c(Cl)cc(Br)cc1Cl. The zero-order valence-corrected chi connectivity index (χ0v) is 11.3. The molecule has 1 fully saturated rings. The molecule has 0 aliphatic carbocycles. The van der Waals surface area contributed by atoms with Gasteiger partial charge in [-0.15, -0.1) is 0 Å². The predicted octanol–water partition coefficient (Wildman–Crippen LogP) is 3.12. The summed E-state index contributed by atoms with van der Waals surface area (Å²) in [7, 11) is 0. The summed E-state index contributed by atoms with van der Waals surface area (Å²) in [5, 5.41) is 0.907. The lowest BCUT2D eigenvalue weighted by Gasteiger charge is -2.28. The number of hydrogen-bond donors (Lipinski definition) is 0. The molecule has 0 aromatic heterocycles. The first-order chi connectivity index (χ1) is 7.59. The normalized spacial score (nSPS) is 16.7. The number of anilines is 1. The number of morpholine rings is 1. The fraction of sp³-hybridized carbons (Fsp3) is 0.300. The molecule has 0 spiro atoms. The molecule has 1 aromatic carbocycles. The summed E-state index contributed by atoms with van der Waals surface area (Å²) in [4.78, 5) is 13.2. The Bertz CT molecular complexity index is 416. The minimum Gasteiger partial charge on any atom is -0.370 e. The van der Waals surface area contributed by atoms with Crippen molar-refractivity contribution < 1.29 is 9.53 Å². The molecule has 1 heterocycles. The predicted molar refractivity (Wildman–Crippen MR) is 67.3 cm³/mol. The van der Waals surface area contributed by atoms with Gasteiger partial charge in [0.25, 0.3) is 5.91 Å². The summed E-state index contributed by atoms with van der Waals surface area (Å²) in [6.07, 6.45) is 0. The maximum Gasteiger partial charge on any atom is 0.253 e. The van der Waals surface area contributed by atoms with Crippen LogP contribution in [0.4, 0.5) is 5.69 Å². The van der Waals surface area contributed by atoms with Crippen molar-refractivity contribution in [2.45, 2.75) is 0 Å². The molecule has 0 saturated carbocycles. The zero-order chi connectivity index (χ0) is 11.7. The molecule has 0 bridgehead atoms. The average molecular weight is 325 g/mol. The minimum atomic E-state index is -0.127. The van der Waals surface area contributed by atoms with Gasteiger partial charge < -0.3 is 9.64 Å². The first-order valence-electron chi connectivity index (χ1n) is 4.62. The number of benzene rings is 1. The average Bonchev–Trinajstić information content (AvgIpc) is 2.19. The van der Waals surface area contributed by atoms with Crippen LogP contribution in [0.3, 0.4) is 0 Å². The summed E-state index contributed by atoms with van der Waals surface area (Å²) in [6, 6.07) is 3.43. The van der Waals surface area contributed by atoms with Gasteiger partial charge in [0.2, 0.25) is 0 Å². The Morgan fingerprint density at radius 1 is 1.31 bits per heavy atom. The molecule has 0 atom stereocenters. The molecule has 0 N–H and O–H groups in total. The van der Waals surface area contributed by atoms with Crippen molar-refractivity contribution in [2.24, 2.45) is 0 Å². The van der Waals surface area contributed by atoms with Crippen LogP contribution in [0.15, 0.2) is 16.6 Å². The number of ether oxygens (including phenoxy) is 1.